The molecule has 0 aromatic carbocycles. The van der Waals surface area contributed by atoms with Gasteiger partial charge in [0.05, 0.1) is 5.00 Å². The minimum absolute atomic E-state index is 0. The van der Waals surface area contributed by atoms with Crippen molar-refractivity contribution < 1.29 is 0 Å². The zero-order valence-corrected chi connectivity index (χ0v) is 17.9. The molecule has 23 heavy (non-hydrogen) atoms. The Balaban J connectivity index is 0.00000264. The third-order valence-corrected chi connectivity index (χ3v) is 4.97. The molecule has 0 bridgehead atoms. The molecule has 132 valence electrons. The first kappa shape index (κ1) is 20.5. The number of hydrogen-bond donors (Lipinski definition) is 2. The van der Waals surface area contributed by atoms with E-state index in [4.69, 9.17) is 0 Å². The third kappa shape index (κ3) is 7.28. The first-order valence-electron chi connectivity index (χ1n) is 8.23. The molecule has 1 aliphatic heterocycles. The van der Waals surface area contributed by atoms with Crippen LogP contribution in [0.5, 0.6) is 0 Å². The Kier molecular flexibility index (Phi) is 8.68. The van der Waals surface area contributed by atoms with Crippen molar-refractivity contribution in [1.82, 2.24) is 10.6 Å². The molecule has 0 unspecified atom stereocenters. The standard InChI is InChI=1S/C17H30N4S.HI/c1-17(2,3)9-10-19-16(18-4)20-14-7-11-21(12-8-14)15-6-5-13-22-15;/h5-6,13-14H,7-12H2,1-4H3,(H2,18,19,20);1H. The molecule has 0 amide bonds. The number of anilines is 1. The molecule has 1 aromatic rings. The fourth-order valence-corrected chi connectivity index (χ4v) is 3.42. The normalized spacial score (nSPS) is 16.9. The van der Waals surface area contributed by atoms with Gasteiger partial charge < -0.3 is 15.5 Å². The minimum atomic E-state index is 0. The second-order valence-electron chi connectivity index (χ2n) is 7.17. The van der Waals surface area contributed by atoms with Crippen LogP contribution in [0.3, 0.4) is 0 Å². The van der Waals surface area contributed by atoms with E-state index < -0.39 is 0 Å². The molecular formula is C17H31IN4S. The Bertz CT molecular complexity index is 459. The van der Waals surface area contributed by atoms with E-state index in [0.717, 1.165) is 44.9 Å². The lowest BCUT2D eigenvalue weighted by Crippen LogP contribution is -2.49. The first-order valence-corrected chi connectivity index (χ1v) is 9.11. The predicted octanol–water partition coefficient (Wildman–Crippen LogP) is 3.94. The van der Waals surface area contributed by atoms with Crippen LogP contribution in [0, 0.1) is 5.41 Å². The van der Waals surface area contributed by atoms with Crippen LogP contribution in [0.25, 0.3) is 0 Å². The van der Waals surface area contributed by atoms with Gasteiger partial charge in [-0.3, -0.25) is 4.99 Å². The zero-order valence-electron chi connectivity index (χ0n) is 14.8. The number of nitrogens with zero attached hydrogens (tertiary/aromatic N) is 2. The van der Waals surface area contributed by atoms with E-state index in [2.05, 4.69) is 58.8 Å². The number of hydrogen-bond acceptors (Lipinski definition) is 3. The number of thiophene rings is 1. The molecule has 4 nitrogen and oxygen atoms in total. The van der Waals surface area contributed by atoms with E-state index in [1.807, 2.05) is 18.4 Å². The Labute approximate surface area is 162 Å². The Hall–Kier alpha value is -0.500. The molecule has 0 spiro atoms. The zero-order chi connectivity index (χ0) is 16.0. The molecule has 2 N–H and O–H groups in total. The second-order valence-corrected chi connectivity index (χ2v) is 8.09. The number of rotatable bonds is 4. The first-order chi connectivity index (χ1) is 10.5. The van der Waals surface area contributed by atoms with Crippen LogP contribution in [-0.2, 0) is 0 Å². The van der Waals surface area contributed by atoms with Crippen LogP contribution in [0.15, 0.2) is 22.5 Å². The highest BCUT2D eigenvalue weighted by molar-refractivity contribution is 14.0. The Morgan fingerprint density at radius 3 is 2.57 bits per heavy atom. The van der Waals surface area contributed by atoms with Gasteiger partial charge in [-0.2, -0.15) is 0 Å². The summed E-state index contributed by atoms with van der Waals surface area (Å²) in [6, 6.07) is 4.87. The summed E-state index contributed by atoms with van der Waals surface area (Å²) in [5.41, 5.74) is 0.359. The maximum Gasteiger partial charge on any atom is 0.191 e. The molecule has 1 aliphatic rings. The van der Waals surface area contributed by atoms with Crippen LogP contribution < -0.4 is 15.5 Å². The summed E-state index contributed by atoms with van der Waals surface area (Å²) in [5, 5.41) is 10.6. The van der Waals surface area contributed by atoms with Gasteiger partial charge in [0.2, 0.25) is 0 Å². The van der Waals surface area contributed by atoms with E-state index in [9.17, 15) is 0 Å². The lowest BCUT2D eigenvalue weighted by atomic mass is 9.92. The largest absolute Gasteiger partial charge is 0.363 e. The van der Waals surface area contributed by atoms with Crippen LogP contribution in [0.4, 0.5) is 5.00 Å². The number of nitrogens with one attached hydrogen (secondary N) is 2. The average Bonchev–Trinajstić information content (AvgIpc) is 3.00. The summed E-state index contributed by atoms with van der Waals surface area (Å²) in [7, 11) is 1.85. The molecular weight excluding hydrogens is 419 g/mol. The summed E-state index contributed by atoms with van der Waals surface area (Å²) in [5.74, 6) is 0.943. The molecule has 0 aliphatic carbocycles. The number of guanidine groups is 1. The molecule has 6 heteroatoms. The van der Waals surface area contributed by atoms with Crippen LogP contribution in [0.1, 0.15) is 40.0 Å². The van der Waals surface area contributed by atoms with Gasteiger partial charge in [-0.25, -0.2) is 0 Å². The SMILES string of the molecule is CN=C(NCCC(C)(C)C)NC1CCN(c2cccs2)CC1.I. The number of aliphatic imine (C=N–C) groups is 1. The fraction of sp³-hybridized carbons (Fsp3) is 0.706. The monoisotopic (exact) mass is 450 g/mol. The highest BCUT2D eigenvalue weighted by atomic mass is 127. The molecule has 0 saturated carbocycles. The molecule has 1 saturated heterocycles. The van der Waals surface area contributed by atoms with Crippen molar-refractivity contribution in [3.63, 3.8) is 0 Å². The fourth-order valence-electron chi connectivity index (χ4n) is 2.64. The molecule has 0 atom stereocenters. The summed E-state index contributed by atoms with van der Waals surface area (Å²) in [6.45, 7) is 10.0. The smallest absolute Gasteiger partial charge is 0.191 e. The Morgan fingerprint density at radius 2 is 2.04 bits per heavy atom. The topological polar surface area (TPSA) is 39.7 Å². The van der Waals surface area contributed by atoms with E-state index in [0.29, 0.717) is 11.5 Å². The third-order valence-electron chi connectivity index (χ3n) is 4.04. The maximum atomic E-state index is 4.35. The molecule has 2 rings (SSSR count). The molecule has 1 aromatic heterocycles. The molecule has 0 radical (unpaired) electrons. The lowest BCUT2D eigenvalue weighted by molar-refractivity contribution is 0.376. The van der Waals surface area contributed by atoms with Gasteiger partial charge in [-0.15, -0.1) is 35.3 Å². The summed E-state index contributed by atoms with van der Waals surface area (Å²) < 4.78 is 0. The van der Waals surface area contributed by atoms with Gasteiger partial charge in [0.15, 0.2) is 5.96 Å². The van der Waals surface area contributed by atoms with Crippen LogP contribution in [-0.4, -0.2) is 38.7 Å². The van der Waals surface area contributed by atoms with Crippen molar-refractivity contribution in [2.24, 2.45) is 10.4 Å². The summed E-state index contributed by atoms with van der Waals surface area (Å²) in [4.78, 5) is 6.84. The predicted molar refractivity (Wildman–Crippen MR) is 114 cm³/mol. The van der Waals surface area contributed by atoms with E-state index in [1.165, 1.54) is 5.00 Å². The van der Waals surface area contributed by atoms with Crippen molar-refractivity contribution >= 4 is 46.3 Å². The van der Waals surface area contributed by atoms with Gasteiger partial charge >= 0.3 is 0 Å². The molecule has 1 fully saturated rings. The Morgan fingerprint density at radius 1 is 1.35 bits per heavy atom. The van der Waals surface area contributed by atoms with Gasteiger partial charge in [0.25, 0.3) is 0 Å². The van der Waals surface area contributed by atoms with Crippen molar-refractivity contribution in [1.29, 1.82) is 0 Å². The number of halogens is 1. The van der Waals surface area contributed by atoms with Gasteiger partial charge in [0, 0.05) is 32.7 Å². The van der Waals surface area contributed by atoms with Gasteiger partial charge in [-0.1, -0.05) is 20.8 Å². The maximum absolute atomic E-state index is 4.35. The van der Waals surface area contributed by atoms with E-state index in [1.54, 1.807) is 0 Å². The highest BCUT2D eigenvalue weighted by Gasteiger charge is 2.20. The summed E-state index contributed by atoms with van der Waals surface area (Å²) >= 11 is 1.83. The summed E-state index contributed by atoms with van der Waals surface area (Å²) in [6.07, 6.45) is 3.47. The average molecular weight is 450 g/mol. The quantitative estimate of drug-likeness (QED) is 0.415. The van der Waals surface area contributed by atoms with Crippen molar-refractivity contribution in [2.45, 2.75) is 46.1 Å². The van der Waals surface area contributed by atoms with Crippen molar-refractivity contribution in [2.75, 3.05) is 31.6 Å². The minimum Gasteiger partial charge on any atom is -0.363 e. The van der Waals surface area contributed by atoms with Crippen LogP contribution >= 0.6 is 35.3 Å². The van der Waals surface area contributed by atoms with Gasteiger partial charge in [0.1, 0.15) is 0 Å². The lowest BCUT2D eigenvalue weighted by Gasteiger charge is -2.33. The number of piperidine rings is 1. The van der Waals surface area contributed by atoms with Gasteiger partial charge in [-0.05, 0) is 42.2 Å². The van der Waals surface area contributed by atoms with Crippen molar-refractivity contribution in [3.8, 4) is 0 Å². The van der Waals surface area contributed by atoms with E-state index >= 15 is 0 Å². The molecule has 2 heterocycles. The van der Waals surface area contributed by atoms with Crippen LogP contribution in [0.2, 0.25) is 0 Å². The van der Waals surface area contributed by atoms with E-state index in [-0.39, 0.29) is 24.0 Å². The van der Waals surface area contributed by atoms with Crippen molar-refractivity contribution in [3.05, 3.63) is 17.5 Å². The second kappa shape index (κ2) is 9.71. The highest BCUT2D eigenvalue weighted by Crippen LogP contribution is 2.24.